The van der Waals surface area contributed by atoms with Gasteiger partial charge in [-0.25, -0.2) is 8.42 Å². The summed E-state index contributed by atoms with van der Waals surface area (Å²) in [4.78, 5) is 4.65. The number of nitrogens with zero attached hydrogens (tertiary/aromatic N) is 2. The Kier molecular flexibility index (Phi) is 2.60. The van der Waals surface area contributed by atoms with Gasteiger partial charge in [0, 0.05) is 24.7 Å². The zero-order valence-electron chi connectivity index (χ0n) is 10.1. The Morgan fingerprint density at radius 3 is 2.67 bits per heavy atom. The summed E-state index contributed by atoms with van der Waals surface area (Å²) in [6.45, 7) is 3.19. The van der Waals surface area contributed by atoms with E-state index in [9.17, 15) is 8.42 Å². The van der Waals surface area contributed by atoms with Gasteiger partial charge in [-0.1, -0.05) is 6.07 Å². The molecule has 0 saturated carbocycles. The fourth-order valence-electron chi connectivity index (χ4n) is 2.18. The highest BCUT2D eigenvalue weighted by molar-refractivity contribution is 7.89. The van der Waals surface area contributed by atoms with E-state index in [4.69, 9.17) is 0 Å². The van der Waals surface area contributed by atoms with Gasteiger partial charge in [-0.3, -0.25) is 4.98 Å². The number of pyridine rings is 1. The van der Waals surface area contributed by atoms with Crippen molar-refractivity contribution in [3.05, 3.63) is 36.0 Å². The maximum Gasteiger partial charge on any atom is 0.243 e. The maximum atomic E-state index is 12.4. The first kappa shape index (κ1) is 11.6. The van der Waals surface area contributed by atoms with Gasteiger partial charge in [-0.15, -0.1) is 0 Å². The van der Waals surface area contributed by atoms with Crippen LogP contribution in [0.2, 0.25) is 0 Å². The van der Waals surface area contributed by atoms with Crippen molar-refractivity contribution in [3.8, 4) is 0 Å². The molecular weight excluding hydrogens is 248 g/mol. The Bertz CT molecular complexity index is 706. The standard InChI is InChI=1S/C13H14N2O2S/c1-10-5-6-12(11-4-2-7-14-13(10)11)18(16,17)15-8-3-9-15/h2,4-7H,3,8-9H2,1H3. The third kappa shape index (κ3) is 1.62. The molecule has 2 heterocycles. The van der Waals surface area contributed by atoms with E-state index in [0.717, 1.165) is 17.5 Å². The van der Waals surface area contributed by atoms with Gasteiger partial charge in [-0.05, 0) is 37.1 Å². The van der Waals surface area contributed by atoms with Crippen LogP contribution >= 0.6 is 0 Å². The number of rotatable bonds is 2. The summed E-state index contributed by atoms with van der Waals surface area (Å²) in [6.07, 6.45) is 2.64. The Morgan fingerprint density at radius 2 is 2.00 bits per heavy atom. The molecule has 5 heteroatoms. The molecule has 0 bridgehead atoms. The molecule has 1 saturated heterocycles. The number of aryl methyl sites for hydroxylation is 1. The van der Waals surface area contributed by atoms with E-state index in [2.05, 4.69) is 4.98 Å². The zero-order chi connectivity index (χ0) is 12.8. The Labute approximate surface area is 106 Å². The van der Waals surface area contributed by atoms with E-state index in [1.807, 2.05) is 19.1 Å². The average molecular weight is 262 g/mol. The predicted molar refractivity (Wildman–Crippen MR) is 69.9 cm³/mol. The highest BCUT2D eigenvalue weighted by atomic mass is 32.2. The minimum atomic E-state index is -3.35. The quantitative estimate of drug-likeness (QED) is 0.831. The van der Waals surface area contributed by atoms with Gasteiger partial charge in [0.15, 0.2) is 0 Å². The van der Waals surface area contributed by atoms with E-state index in [1.54, 1.807) is 18.3 Å². The van der Waals surface area contributed by atoms with Crippen molar-refractivity contribution in [3.63, 3.8) is 0 Å². The summed E-state index contributed by atoms with van der Waals surface area (Å²) < 4.78 is 26.4. The van der Waals surface area contributed by atoms with E-state index >= 15 is 0 Å². The van der Waals surface area contributed by atoms with Gasteiger partial charge in [0.1, 0.15) is 0 Å². The molecular formula is C13H14N2O2S. The average Bonchev–Trinajstić information content (AvgIpc) is 2.26. The molecule has 0 N–H and O–H groups in total. The third-order valence-electron chi connectivity index (χ3n) is 3.36. The molecule has 18 heavy (non-hydrogen) atoms. The van der Waals surface area contributed by atoms with Crippen LogP contribution in [0.1, 0.15) is 12.0 Å². The zero-order valence-corrected chi connectivity index (χ0v) is 10.9. The van der Waals surface area contributed by atoms with Crippen molar-refractivity contribution >= 4 is 20.9 Å². The molecule has 0 unspecified atom stereocenters. The number of sulfonamides is 1. The second-order valence-electron chi connectivity index (χ2n) is 4.54. The summed E-state index contributed by atoms with van der Waals surface area (Å²) in [5.41, 5.74) is 1.76. The number of aromatic nitrogens is 1. The smallest absolute Gasteiger partial charge is 0.243 e. The van der Waals surface area contributed by atoms with Crippen LogP contribution in [0.5, 0.6) is 0 Å². The van der Waals surface area contributed by atoms with Crippen molar-refractivity contribution in [2.24, 2.45) is 0 Å². The fraction of sp³-hybridized carbons (Fsp3) is 0.308. The third-order valence-corrected chi connectivity index (χ3v) is 5.32. The van der Waals surface area contributed by atoms with E-state index < -0.39 is 10.0 Å². The Balaban J connectivity index is 2.27. The van der Waals surface area contributed by atoms with Gasteiger partial charge in [-0.2, -0.15) is 4.31 Å². The molecule has 0 aliphatic carbocycles. The molecule has 1 aromatic heterocycles. The lowest BCUT2D eigenvalue weighted by Gasteiger charge is -2.30. The van der Waals surface area contributed by atoms with Crippen LogP contribution in [0.4, 0.5) is 0 Å². The Morgan fingerprint density at radius 1 is 1.22 bits per heavy atom. The van der Waals surface area contributed by atoms with Crippen molar-refractivity contribution in [2.45, 2.75) is 18.2 Å². The first-order valence-corrected chi connectivity index (χ1v) is 7.39. The number of fused-ring (bicyclic) bond motifs is 1. The highest BCUT2D eigenvalue weighted by Gasteiger charge is 2.30. The second kappa shape index (κ2) is 4.03. The van der Waals surface area contributed by atoms with Crippen LogP contribution in [-0.4, -0.2) is 30.8 Å². The van der Waals surface area contributed by atoms with Crippen LogP contribution in [0.15, 0.2) is 35.4 Å². The maximum absolute atomic E-state index is 12.4. The van der Waals surface area contributed by atoms with Crippen LogP contribution in [0, 0.1) is 6.92 Å². The van der Waals surface area contributed by atoms with Crippen molar-refractivity contribution in [2.75, 3.05) is 13.1 Å². The van der Waals surface area contributed by atoms with Crippen LogP contribution in [0.3, 0.4) is 0 Å². The highest BCUT2D eigenvalue weighted by Crippen LogP contribution is 2.28. The van der Waals surface area contributed by atoms with Crippen molar-refractivity contribution < 1.29 is 8.42 Å². The normalized spacial score (nSPS) is 16.7. The number of benzene rings is 1. The molecule has 2 aromatic rings. The lowest BCUT2D eigenvalue weighted by molar-refractivity contribution is 0.309. The first-order chi connectivity index (χ1) is 8.60. The monoisotopic (exact) mass is 262 g/mol. The molecule has 1 aliphatic heterocycles. The van der Waals surface area contributed by atoms with Crippen molar-refractivity contribution in [1.29, 1.82) is 0 Å². The molecule has 4 nitrogen and oxygen atoms in total. The molecule has 1 aliphatic rings. The van der Waals surface area contributed by atoms with Crippen molar-refractivity contribution in [1.82, 2.24) is 9.29 Å². The molecule has 1 fully saturated rings. The summed E-state index contributed by atoms with van der Waals surface area (Å²) >= 11 is 0. The van der Waals surface area contributed by atoms with E-state index in [0.29, 0.717) is 23.4 Å². The molecule has 0 radical (unpaired) electrons. The number of hydrogen-bond donors (Lipinski definition) is 0. The van der Waals surface area contributed by atoms with E-state index in [-0.39, 0.29) is 0 Å². The van der Waals surface area contributed by atoms with Crippen LogP contribution < -0.4 is 0 Å². The fourth-order valence-corrected chi connectivity index (χ4v) is 3.88. The molecule has 3 rings (SSSR count). The van der Waals surface area contributed by atoms with Gasteiger partial charge in [0.2, 0.25) is 10.0 Å². The largest absolute Gasteiger partial charge is 0.256 e. The first-order valence-electron chi connectivity index (χ1n) is 5.95. The summed E-state index contributed by atoms with van der Waals surface area (Å²) in [5.74, 6) is 0. The van der Waals surface area contributed by atoms with Crippen LogP contribution in [-0.2, 0) is 10.0 Å². The molecule has 94 valence electrons. The summed E-state index contributed by atoms with van der Waals surface area (Å²) in [7, 11) is -3.35. The van der Waals surface area contributed by atoms with Gasteiger partial charge in [0.05, 0.1) is 10.4 Å². The SMILES string of the molecule is Cc1ccc(S(=O)(=O)N2CCC2)c2cccnc12. The summed E-state index contributed by atoms with van der Waals surface area (Å²) in [6, 6.07) is 7.11. The summed E-state index contributed by atoms with van der Waals surface area (Å²) in [5, 5.41) is 0.712. The molecule has 0 atom stereocenters. The lowest BCUT2D eigenvalue weighted by atomic mass is 10.1. The van der Waals surface area contributed by atoms with E-state index in [1.165, 1.54) is 4.31 Å². The Hall–Kier alpha value is -1.46. The molecule has 0 amide bonds. The van der Waals surface area contributed by atoms with Gasteiger partial charge in [0.25, 0.3) is 0 Å². The van der Waals surface area contributed by atoms with Crippen LogP contribution in [0.25, 0.3) is 10.9 Å². The molecule has 0 spiro atoms. The van der Waals surface area contributed by atoms with Gasteiger partial charge >= 0.3 is 0 Å². The van der Waals surface area contributed by atoms with Gasteiger partial charge < -0.3 is 0 Å². The predicted octanol–water partition coefficient (Wildman–Crippen LogP) is 1.94. The second-order valence-corrected chi connectivity index (χ2v) is 6.44. The topological polar surface area (TPSA) is 50.3 Å². The molecule has 1 aromatic carbocycles. The minimum Gasteiger partial charge on any atom is -0.256 e. The minimum absolute atomic E-state index is 0.371. The lowest BCUT2D eigenvalue weighted by Crippen LogP contribution is -2.41. The number of hydrogen-bond acceptors (Lipinski definition) is 3.